The number of anilines is 2. The molecule has 0 bridgehead atoms. The number of benzene rings is 2. The van der Waals surface area contributed by atoms with Crippen LogP contribution in [0.15, 0.2) is 53.5 Å². The lowest BCUT2D eigenvalue weighted by Gasteiger charge is -2.37. The van der Waals surface area contributed by atoms with Gasteiger partial charge in [-0.05, 0) is 36.8 Å². The van der Waals surface area contributed by atoms with E-state index in [1.807, 2.05) is 43.3 Å². The first-order chi connectivity index (χ1) is 14.6. The van der Waals surface area contributed by atoms with Crippen LogP contribution in [0.2, 0.25) is 0 Å². The molecule has 0 unspecified atom stereocenters. The molecule has 31 heavy (non-hydrogen) atoms. The van der Waals surface area contributed by atoms with Crippen molar-refractivity contribution >= 4 is 47.4 Å². The van der Waals surface area contributed by atoms with Crippen molar-refractivity contribution in [3.05, 3.63) is 59.9 Å². The van der Waals surface area contributed by atoms with Crippen molar-refractivity contribution in [2.24, 2.45) is 4.99 Å². The second-order valence-corrected chi connectivity index (χ2v) is 6.91. The summed E-state index contributed by atoms with van der Waals surface area (Å²) in [4.78, 5) is 20.3. The number of amides is 1. The van der Waals surface area contributed by atoms with Gasteiger partial charge in [-0.2, -0.15) is 0 Å². The van der Waals surface area contributed by atoms with E-state index in [9.17, 15) is 9.18 Å². The van der Waals surface area contributed by atoms with Crippen LogP contribution in [-0.4, -0.2) is 56.8 Å². The number of halogens is 2. The van der Waals surface area contributed by atoms with Gasteiger partial charge in [0.25, 0.3) is 0 Å². The van der Waals surface area contributed by atoms with Crippen LogP contribution >= 0.6 is 24.0 Å². The molecule has 1 amide bonds. The maximum absolute atomic E-state index is 14.1. The minimum absolute atomic E-state index is 0. The Labute approximate surface area is 199 Å². The number of ether oxygens (including phenoxy) is 1. The predicted molar refractivity (Wildman–Crippen MR) is 133 cm³/mol. The molecule has 9 heteroatoms. The summed E-state index contributed by atoms with van der Waals surface area (Å²) >= 11 is 0. The van der Waals surface area contributed by atoms with Crippen LogP contribution in [0.1, 0.15) is 12.5 Å². The topological polar surface area (TPSA) is 69.2 Å². The molecule has 0 aliphatic carbocycles. The Balaban J connectivity index is 0.00000341. The van der Waals surface area contributed by atoms with E-state index < -0.39 is 6.09 Å². The number of aliphatic imine (C=N–C) groups is 1. The molecule has 168 valence electrons. The van der Waals surface area contributed by atoms with E-state index in [4.69, 9.17) is 4.99 Å². The zero-order valence-electron chi connectivity index (χ0n) is 17.8. The number of guanidine groups is 1. The van der Waals surface area contributed by atoms with Crippen LogP contribution in [0.5, 0.6) is 0 Å². The Kier molecular flexibility index (Phi) is 9.83. The number of carbonyl (C=O) groups excluding carboxylic acids is 1. The number of nitrogens with one attached hydrogen (secondary N) is 2. The van der Waals surface area contributed by atoms with Gasteiger partial charge >= 0.3 is 6.09 Å². The molecule has 2 aromatic rings. The molecule has 3 rings (SSSR count). The number of methoxy groups -OCH3 is 1. The molecule has 7 nitrogen and oxygen atoms in total. The van der Waals surface area contributed by atoms with Gasteiger partial charge in [-0.25, -0.2) is 14.2 Å². The van der Waals surface area contributed by atoms with E-state index in [1.165, 1.54) is 13.2 Å². The lowest BCUT2D eigenvalue weighted by molar-refractivity contribution is 0.187. The molecule has 0 spiro atoms. The first-order valence-electron chi connectivity index (χ1n) is 10.1. The van der Waals surface area contributed by atoms with Crippen molar-refractivity contribution in [2.45, 2.75) is 13.5 Å². The number of hydrogen-bond donors (Lipinski definition) is 2. The fourth-order valence-electron chi connectivity index (χ4n) is 3.32. The highest BCUT2D eigenvalue weighted by Crippen LogP contribution is 2.20. The van der Waals surface area contributed by atoms with E-state index in [-0.39, 0.29) is 29.8 Å². The molecule has 1 saturated heterocycles. The Morgan fingerprint density at radius 1 is 1.10 bits per heavy atom. The first-order valence-corrected chi connectivity index (χ1v) is 10.1. The zero-order valence-corrected chi connectivity index (χ0v) is 20.1. The Morgan fingerprint density at radius 3 is 2.39 bits per heavy atom. The van der Waals surface area contributed by atoms with Crippen LogP contribution in [-0.2, 0) is 11.3 Å². The third-order valence-electron chi connectivity index (χ3n) is 4.90. The predicted octanol–water partition coefficient (Wildman–Crippen LogP) is 3.91. The summed E-state index contributed by atoms with van der Waals surface area (Å²) < 4.78 is 18.6. The maximum atomic E-state index is 14.1. The molecule has 0 aromatic heterocycles. The molecule has 1 aliphatic heterocycles. The average molecular weight is 541 g/mol. The molecule has 0 radical (unpaired) electrons. The molecule has 1 aliphatic rings. The summed E-state index contributed by atoms with van der Waals surface area (Å²) in [5.74, 6) is 0.666. The number of para-hydroxylation sites is 1. The van der Waals surface area contributed by atoms with E-state index in [0.29, 0.717) is 17.9 Å². The van der Waals surface area contributed by atoms with Gasteiger partial charge < -0.3 is 19.9 Å². The second kappa shape index (κ2) is 12.3. The van der Waals surface area contributed by atoms with Crippen LogP contribution in [0.4, 0.5) is 20.6 Å². The molecule has 0 saturated carbocycles. The highest BCUT2D eigenvalue weighted by molar-refractivity contribution is 14.0. The summed E-state index contributed by atoms with van der Waals surface area (Å²) in [5, 5.41) is 5.97. The average Bonchev–Trinajstić information content (AvgIpc) is 2.78. The van der Waals surface area contributed by atoms with Crippen molar-refractivity contribution in [1.29, 1.82) is 0 Å². The van der Waals surface area contributed by atoms with Crippen molar-refractivity contribution in [1.82, 2.24) is 10.2 Å². The minimum atomic E-state index is -0.496. The van der Waals surface area contributed by atoms with Crippen LogP contribution in [0.25, 0.3) is 0 Å². The summed E-state index contributed by atoms with van der Waals surface area (Å²) in [6.45, 7) is 6.34. The highest BCUT2D eigenvalue weighted by atomic mass is 127. The summed E-state index contributed by atoms with van der Waals surface area (Å²) in [6, 6.07) is 14.4. The van der Waals surface area contributed by atoms with Crippen LogP contribution in [0, 0.1) is 5.82 Å². The summed E-state index contributed by atoms with van der Waals surface area (Å²) in [6.07, 6.45) is -0.496. The number of carbonyl (C=O) groups is 1. The minimum Gasteiger partial charge on any atom is -0.453 e. The molecule has 0 atom stereocenters. The Morgan fingerprint density at radius 2 is 1.77 bits per heavy atom. The molecular weight excluding hydrogens is 512 g/mol. The molecule has 2 aromatic carbocycles. The smallest absolute Gasteiger partial charge is 0.411 e. The molecule has 2 N–H and O–H groups in total. The highest BCUT2D eigenvalue weighted by Gasteiger charge is 2.21. The lowest BCUT2D eigenvalue weighted by Crippen LogP contribution is -2.52. The Bertz CT molecular complexity index is 870. The number of rotatable bonds is 5. The fourth-order valence-corrected chi connectivity index (χ4v) is 3.32. The molecule has 1 fully saturated rings. The van der Waals surface area contributed by atoms with Crippen molar-refractivity contribution in [3.63, 3.8) is 0 Å². The molecule has 1 heterocycles. The van der Waals surface area contributed by atoms with E-state index in [1.54, 1.807) is 6.07 Å². The largest absolute Gasteiger partial charge is 0.453 e. The van der Waals surface area contributed by atoms with Gasteiger partial charge in [-0.1, -0.05) is 24.3 Å². The number of nitrogens with zero attached hydrogens (tertiary/aromatic N) is 3. The van der Waals surface area contributed by atoms with Crippen LogP contribution < -0.4 is 15.5 Å². The van der Waals surface area contributed by atoms with Crippen molar-refractivity contribution < 1.29 is 13.9 Å². The summed E-state index contributed by atoms with van der Waals surface area (Å²) in [7, 11) is 1.33. The third-order valence-corrected chi connectivity index (χ3v) is 4.90. The Hall–Kier alpha value is -2.56. The standard InChI is InChI=1S/C22H28FN5O2.HI/c1-3-24-21(25-16-17-8-10-18(11-9-17)26-22(29)30-2)28-14-12-27(13-15-28)20-7-5-4-6-19(20)23;/h4-11H,3,12-16H2,1-2H3,(H,24,25)(H,26,29);1H. The van der Waals surface area contributed by atoms with Gasteiger partial charge in [-0.15, -0.1) is 24.0 Å². The number of piperazine rings is 1. The summed E-state index contributed by atoms with van der Waals surface area (Å²) in [5.41, 5.74) is 2.36. The van der Waals surface area contributed by atoms with E-state index >= 15 is 0 Å². The van der Waals surface area contributed by atoms with E-state index in [2.05, 4.69) is 25.2 Å². The lowest BCUT2D eigenvalue weighted by atomic mass is 10.2. The van der Waals surface area contributed by atoms with Gasteiger partial charge in [0.15, 0.2) is 5.96 Å². The van der Waals surface area contributed by atoms with Gasteiger partial charge in [0.2, 0.25) is 0 Å². The SMILES string of the molecule is CCNC(=NCc1ccc(NC(=O)OC)cc1)N1CCN(c2ccccc2F)CC1.I. The fraction of sp³-hybridized carbons (Fsp3) is 0.364. The van der Waals surface area contributed by atoms with Crippen molar-refractivity contribution in [2.75, 3.05) is 50.1 Å². The normalized spacial score (nSPS) is 14.0. The third kappa shape index (κ3) is 6.98. The van der Waals surface area contributed by atoms with E-state index in [0.717, 1.165) is 44.2 Å². The zero-order chi connectivity index (χ0) is 21.3. The van der Waals surface area contributed by atoms with Crippen LogP contribution in [0.3, 0.4) is 0 Å². The first kappa shape index (κ1) is 24.7. The second-order valence-electron chi connectivity index (χ2n) is 6.91. The van der Waals surface area contributed by atoms with Gasteiger partial charge in [0, 0.05) is 38.4 Å². The van der Waals surface area contributed by atoms with Gasteiger partial charge in [-0.3, -0.25) is 5.32 Å². The number of hydrogen-bond acceptors (Lipinski definition) is 4. The quantitative estimate of drug-likeness (QED) is 0.342. The van der Waals surface area contributed by atoms with Gasteiger partial charge in [0.1, 0.15) is 5.82 Å². The monoisotopic (exact) mass is 541 g/mol. The van der Waals surface area contributed by atoms with Crippen molar-refractivity contribution in [3.8, 4) is 0 Å². The molecular formula is C22H29FIN5O2. The van der Waals surface area contributed by atoms with Gasteiger partial charge in [0.05, 0.1) is 19.3 Å². The maximum Gasteiger partial charge on any atom is 0.411 e.